The van der Waals surface area contributed by atoms with Crippen molar-refractivity contribution in [3.8, 4) is 0 Å². The molecule has 1 N–H and O–H groups in total. The Balaban J connectivity index is 2.12. The first kappa shape index (κ1) is 13.7. The molecule has 0 saturated carbocycles. The predicted octanol–water partition coefficient (Wildman–Crippen LogP) is 1.54. The molecule has 0 atom stereocenters. The molecule has 0 bridgehead atoms. The van der Waals surface area contributed by atoms with Crippen LogP contribution in [0.3, 0.4) is 0 Å². The molecule has 0 aromatic carbocycles. The summed E-state index contributed by atoms with van der Waals surface area (Å²) in [6.45, 7) is 10.1. The summed E-state index contributed by atoms with van der Waals surface area (Å²) in [7, 11) is 2.08. The van der Waals surface area contributed by atoms with Crippen molar-refractivity contribution in [3.63, 3.8) is 0 Å². The van der Waals surface area contributed by atoms with Crippen molar-refractivity contribution in [2.45, 2.75) is 26.7 Å². The molecule has 4 heteroatoms. The molecule has 0 spiro atoms. The smallest absolute Gasteiger partial charge is 0.168 e. The standard InChI is InChI=1S/C12H25N3S/c1-11(2)10-13-12(16)14(3)8-9-15-6-4-5-7-15/h11H,4-10H2,1-3H3,(H,13,16). The molecular weight excluding hydrogens is 218 g/mol. The van der Waals surface area contributed by atoms with E-state index in [-0.39, 0.29) is 0 Å². The minimum atomic E-state index is 0.643. The number of rotatable bonds is 5. The van der Waals surface area contributed by atoms with Crippen molar-refractivity contribution in [3.05, 3.63) is 0 Å². The Hall–Kier alpha value is -0.350. The van der Waals surface area contributed by atoms with E-state index < -0.39 is 0 Å². The number of nitrogens with zero attached hydrogens (tertiary/aromatic N) is 2. The Bertz CT molecular complexity index is 212. The van der Waals surface area contributed by atoms with E-state index in [4.69, 9.17) is 12.2 Å². The number of nitrogens with one attached hydrogen (secondary N) is 1. The highest BCUT2D eigenvalue weighted by Gasteiger charge is 2.12. The third-order valence-corrected chi connectivity index (χ3v) is 3.41. The molecule has 0 radical (unpaired) electrons. The van der Waals surface area contributed by atoms with Crippen molar-refractivity contribution >= 4 is 17.3 Å². The largest absolute Gasteiger partial charge is 0.362 e. The van der Waals surface area contributed by atoms with Gasteiger partial charge >= 0.3 is 0 Å². The summed E-state index contributed by atoms with van der Waals surface area (Å²) in [6.07, 6.45) is 2.72. The molecule has 1 rings (SSSR count). The lowest BCUT2D eigenvalue weighted by atomic mass is 10.2. The normalized spacial score (nSPS) is 16.8. The maximum atomic E-state index is 5.33. The summed E-state index contributed by atoms with van der Waals surface area (Å²) in [6, 6.07) is 0. The van der Waals surface area contributed by atoms with Crippen LogP contribution in [-0.2, 0) is 0 Å². The van der Waals surface area contributed by atoms with Gasteiger partial charge in [-0.15, -0.1) is 0 Å². The van der Waals surface area contributed by atoms with Crippen LogP contribution < -0.4 is 5.32 Å². The fraction of sp³-hybridized carbons (Fsp3) is 0.917. The number of hydrogen-bond acceptors (Lipinski definition) is 2. The van der Waals surface area contributed by atoms with Crippen molar-refractivity contribution in [1.82, 2.24) is 15.1 Å². The zero-order chi connectivity index (χ0) is 12.0. The van der Waals surface area contributed by atoms with Gasteiger partial charge in [-0.3, -0.25) is 0 Å². The van der Waals surface area contributed by atoms with Crippen LogP contribution in [-0.4, -0.2) is 54.7 Å². The quantitative estimate of drug-likeness (QED) is 0.738. The van der Waals surface area contributed by atoms with Gasteiger partial charge in [0.05, 0.1) is 0 Å². The van der Waals surface area contributed by atoms with E-state index in [0.29, 0.717) is 5.92 Å². The van der Waals surface area contributed by atoms with Gasteiger partial charge in [-0.25, -0.2) is 0 Å². The predicted molar refractivity (Wildman–Crippen MR) is 73.7 cm³/mol. The third-order valence-electron chi connectivity index (χ3n) is 2.96. The van der Waals surface area contributed by atoms with E-state index >= 15 is 0 Å². The molecule has 1 saturated heterocycles. The number of hydrogen-bond donors (Lipinski definition) is 1. The molecule has 16 heavy (non-hydrogen) atoms. The fourth-order valence-electron chi connectivity index (χ4n) is 1.83. The van der Waals surface area contributed by atoms with Gasteiger partial charge in [0.15, 0.2) is 5.11 Å². The van der Waals surface area contributed by atoms with Crippen molar-refractivity contribution in [2.24, 2.45) is 5.92 Å². The Labute approximate surface area is 105 Å². The van der Waals surface area contributed by atoms with Crippen LogP contribution in [0.4, 0.5) is 0 Å². The highest BCUT2D eigenvalue weighted by molar-refractivity contribution is 7.80. The van der Waals surface area contributed by atoms with Crippen LogP contribution in [0.15, 0.2) is 0 Å². The van der Waals surface area contributed by atoms with Crippen LogP contribution in [0.5, 0.6) is 0 Å². The summed E-state index contributed by atoms with van der Waals surface area (Å²) in [5, 5.41) is 4.18. The van der Waals surface area contributed by atoms with Crippen LogP contribution in [0.1, 0.15) is 26.7 Å². The maximum Gasteiger partial charge on any atom is 0.168 e. The Morgan fingerprint density at radius 3 is 2.56 bits per heavy atom. The van der Waals surface area contributed by atoms with Crippen LogP contribution in [0.25, 0.3) is 0 Å². The molecule has 0 aromatic heterocycles. The third kappa shape index (κ3) is 5.12. The topological polar surface area (TPSA) is 18.5 Å². The van der Waals surface area contributed by atoms with E-state index in [1.165, 1.54) is 25.9 Å². The fourth-order valence-corrected chi connectivity index (χ4v) is 2.00. The van der Waals surface area contributed by atoms with Gasteiger partial charge in [0.2, 0.25) is 0 Å². The molecule has 94 valence electrons. The van der Waals surface area contributed by atoms with Crippen LogP contribution >= 0.6 is 12.2 Å². The first-order valence-corrected chi connectivity index (χ1v) is 6.71. The molecular formula is C12H25N3S. The molecule has 1 aliphatic rings. The van der Waals surface area contributed by atoms with Gasteiger partial charge in [0.1, 0.15) is 0 Å². The summed E-state index contributed by atoms with van der Waals surface area (Å²) in [4.78, 5) is 4.66. The second-order valence-electron chi connectivity index (χ2n) is 5.05. The van der Waals surface area contributed by atoms with Gasteiger partial charge in [-0.2, -0.15) is 0 Å². The minimum Gasteiger partial charge on any atom is -0.362 e. The van der Waals surface area contributed by atoms with Gasteiger partial charge in [0.25, 0.3) is 0 Å². The zero-order valence-electron chi connectivity index (χ0n) is 10.8. The lowest BCUT2D eigenvalue weighted by Crippen LogP contribution is -2.42. The molecule has 0 aromatic rings. The van der Waals surface area contributed by atoms with Crippen molar-refractivity contribution in [2.75, 3.05) is 39.8 Å². The van der Waals surface area contributed by atoms with Gasteiger partial charge in [0, 0.05) is 26.7 Å². The van der Waals surface area contributed by atoms with Crippen LogP contribution in [0.2, 0.25) is 0 Å². The molecule has 0 unspecified atom stereocenters. The summed E-state index contributed by atoms with van der Waals surface area (Å²) in [5.74, 6) is 0.643. The molecule has 1 aliphatic heterocycles. The van der Waals surface area contributed by atoms with Gasteiger partial charge in [-0.05, 0) is 44.1 Å². The maximum absolute atomic E-state index is 5.33. The highest BCUT2D eigenvalue weighted by Crippen LogP contribution is 2.06. The highest BCUT2D eigenvalue weighted by atomic mass is 32.1. The Morgan fingerprint density at radius 2 is 2.00 bits per heavy atom. The minimum absolute atomic E-state index is 0.643. The lowest BCUT2D eigenvalue weighted by molar-refractivity contribution is 0.306. The second-order valence-corrected chi connectivity index (χ2v) is 5.44. The molecule has 1 fully saturated rings. The monoisotopic (exact) mass is 243 g/mol. The average molecular weight is 243 g/mol. The Morgan fingerprint density at radius 1 is 1.38 bits per heavy atom. The van der Waals surface area contributed by atoms with Gasteiger partial charge < -0.3 is 15.1 Å². The molecule has 3 nitrogen and oxygen atoms in total. The second kappa shape index (κ2) is 7.07. The summed E-state index contributed by atoms with van der Waals surface area (Å²) in [5.41, 5.74) is 0. The molecule has 0 amide bonds. The van der Waals surface area contributed by atoms with Crippen LogP contribution in [0, 0.1) is 5.92 Å². The first-order chi connectivity index (χ1) is 7.59. The summed E-state index contributed by atoms with van der Waals surface area (Å²) >= 11 is 5.33. The average Bonchev–Trinajstić information content (AvgIpc) is 2.75. The van der Waals surface area contributed by atoms with E-state index in [0.717, 1.165) is 24.7 Å². The van der Waals surface area contributed by atoms with Crippen molar-refractivity contribution < 1.29 is 0 Å². The SMILES string of the molecule is CC(C)CNC(=S)N(C)CCN1CCCC1. The Kier molecular flexibility index (Phi) is 6.06. The zero-order valence-corrected chi connectivity index (χ0v) is 11.6. The number of likely N-dealkylation sites (tertiary alicyclic amines) is 1. The number of likely N-dealkylation sites (N-methyl/N-ethyl adjacent to an activating group) is 1. The molecule has 0 aliphatic carbocycles. The summed E-state index contributed by atoms with van der Waals surface area (Å²) < 4.78 is 0. The van der Waals surface area contributed by atoms with E-state index in [9.17, 15) is 0 Å². The van der Waals surface area contributed by atoms with E-state index in [1.807, 2.05) is 0 Å². The number of thiocarbonyl (C=S) groups is 1. The van der Waals surface area contributed by atoms with E-state index in [1.54, 1.807) is 0 Å². The van der Waals surface area contributed by atoms with Gasteiger partial charge in [-0.1, -0.05) is 13.8 Å². The first-order valence-electron chi connectivity index (χ1n) is 6.31. The van der Waals surface area contributed by atoms with E-state index in [2.05, 4.69) is 36.0 Å². The lowest BCUT2D eigenvalue weighted by Gasteiger charge is -2.24. The van der Waals surface area contributed by atoms with Crippen molar-refractivity contribution in [1.29, 1.82) is 0 Å². The molecule has 1 heterocycles.